The van der Waals surface area contributed by atoms with Crippen molar-refractivity contribution < 1.29 is 118 Å². The van der Waals surface area contributed by atoms with Crippen molar-refractivity contribution in [3.05, 3.63) is 84.0 Å². The van der Waals surface area contributed by atoms with Gasteiger partial charge in [-0.15, -0.1) is 0 Å². The minimum absolute atomic E-state index is 0. The molecule has 5 atom stereocenters. The molecule has 5 rings (SSSR count). The van der Waals surface area contributed by atoms with Gasteiger partial charge < -0.3 is 14.8 Å². The SMILES string of the molecule is CCC(C)(C)C1CC[C@H]2C(=O)CCC[C@]12C.CCCC=C1[C@H](O)CC(=CCP(=O)(c2ccccc2)c2ccccc2)C[C@H]1O.[Y].[Y].[Y]. The molecule has 1 unspecified atom stereocenters. The molecule has 0 heterocycles. The molecule has 4 nitrogen and oxygen atoms in total. The van der Waals surface area contributed by atoms with Gasteiger partial charge in [-0.1, -0.05) is 126 Å². The second-order valence-corrected chi connectivity index (χ2v) is 17.1. The van der Waals surface area contributed by atoms with E-state index in [1.165, 1.54) is 19.3 Å². The van der Waals surface area contributed by atoms with Crippen LogP contribution >= 0.6 is 7.14 Å². The van der Waals surface area contributed by atoms with Crippen molar-refractivity contribution >= 4 is 23.5 Å². The average Bonchev–Trinajstić information content (AvgIpc) is 3.40. The van der Waals surface area contributed by atoms with Crippen molar-refractivity contribution in [2.45, 2.75) is 111 Å². The molecule has 2 N–H and O–H groups in total. The van der Waals surface area contributed by atoms with Crippen LogP contribution in [0, 0.1) is 22.7 Å². The summed E-state index contributed by atoms with van der Waals surface area (Å²) in [6.07, 6.45) is 12.8. The minimum atomic E-state index is -2.82. The molecule has 3 fully saturated rings. The van der Waals surface area contributed by atoms with E-state index in [2.05, 4.69) is 34.6 Å². The number of aliphatic hydroxyl groups is 2. The maximum Gasteiger partial charge on any atom is 0.146 e. The largest absolute Gasteiger partial charge is 0.388 e. The standard InChI is InChI=1S/C24H29O3P.C15H26O.3Y/c1-2-3-14-22-23(25)17-19(18-24(22)26)15-16-28(27,20-10-6-4-7-11-20)21-12-8-5-9-13-21;1-5-14(2,3)13-9-8-11-12(16)7-6-10-15(11,13)4;;;/h4-15,23-26H,2-3,16-18H2,1H3;11,13H,5-10H2,1-4H3;;;/t23-,24-;11-,13?,15-;;;/m10.../s1. The normalized spacial score (nSPS) is 25.6. The number of rotatable bonds is 8. The van der Waals surface area contributed by atoms with Crippen molar-refractivity contribution in [1.29, 1.82) is 0 Å². The zero-order chi connectivity index (χ0) is 32.0. The molecular weight excluding hydrogens is 830 g/mol. The van der Waals surface area contributed by atoms with Gasteiger partial charge in [0.25, 0.3) is 0 Å². The number of benzene rings is 2. The number of carbonyl (C=O) groups is 1. The summed E-state index contributed by atoms with van der Waals surface area (Å²) in [7, 11) is -2.82. The van der Waals surface area contributed by atoms with E-state index in [9.17, 15) is 19.6 Å². The van der Waals surface area contributed by atoms with E-state index in [1.54, 1.807) is 0 Å². The van der Waals surface area contributed by atoms with Gasteiger partial charge in [0.05, 0.1) is 12.2 Å². The van der Waals surface area contributed by atoms with E-state index in [1.807, 2.05) is 72.8 Å². The van der Waals surface area contributed by atoms with Crippen LogP contribution in [-0.4, -0.2) is 34.4 Å². The molecule has 0 bridgehead atoms. The summed E-state index contributed by atoms with van der Waals surface area (Å²) >= 11 is 0. The molecule has 0 saturated heterocycles. The molecule has 3 radical (unpaired) electrons. The summed E-state index contributed by atoms with van der Waals surface area (Å²) in [5.74, 6) is 1.69. The predicted molar refractivity (Wildman–Crippen MR) is 184 cm³/mol. The van der Waals surface area contributed by atoms with Gasteiger partial charge in [-0.05, 0) is 67.3 Å². The minimum Gasteiger partial charge on any atom is -0.388 e. The van der Waals surface area contributed by atoms with Crippen LogP contribution in [0.4, 0.5) is 0 Å². The summed E-state index contributed by atoms with van der Waals surface area (Å²) in [4.78, 5) is 12.0. The first kappa shape index (κ1) is 46.1. The van der Waals surface area contributed by atoms with E-state index in [-0.39, 0.29) is 98.1 Å². The Balaban J connectivity index is 0.000000500. The average molecular weight is 886 g/mol. The third kappa shape index (κ3) is 11.3. The summed E-state index contributed by atoms with van der Waals surface area (Å²) in [6, 6.07) is 19.2. The Morgan fingerprint density at radius 2 is 1.40 bits per heavy atom. The zero-order valence-corrected chi connectivity index (χ0v) is 38.8. The Morgan fingerprint density at radius 1 is 0.872 bits per heavy atom. The molecule has 0 spiro atoms. The Hall–Kier alpha value is 1.05. The monoisotopic (exact) mass is 885 g/mol. The predicted octanol–water partition coefficient (Wildman–Crippen LogP) is 8.37. The van der Waals surface area contributed by atoms with Gasteiger partial charge in [-0.3, -0.25) is 4.79 Å². The van der Waals surface area contributed by atoms with E-state index in [0.717, 1.165) is 59.8 Å². The molecule has 3 saturated carbocycles. The van der Waals surface area contributed by atoms with Gasteiger partial charge in [0.2, 0.25) is 0 Å². The van der Waals surface area contributed by atoms with Crippen LogP contribution in [0.1, 0.15) is 98.8 Å². The quantitative estimate of drug-likeness (QED) is 0.207. The van der Waals surface area contributed by atoms with Crippen LogP contribution in [0.15, 0.2) is 84.0 Å². The van der Waals surface area contributed by atoms with Gasteiger partial charge in [-0.25, -0.2) is 0 Å². The molecule has 8 heteroatoms. The number of fused-ring (bicyclic) bond motifs is 1. The van der Waals surface area contributed by atoms with Gasteiger partial charge in [-0.2, -0.15) is 0 Å². The van der Waals surface area contributed by atoms with Crippen LogP contribution in [0.25, 0.3) is 0 Å². The summed E-state index contributed by atoms with van der Waals surface area (Å²) in [6.45, 7) is 11.6. The Bertz CT molecular complexity index is 1300. The molecule has 47 heavy (non-hydrogen) atoms. The maximum atomic E-state index is 14.0. The fourth-order valence-electron chi connectivity index (χ4n) is 8.20. The Kier molecular flexibility index (Phi) is 20.5. The molecule has 249 valence electrons. The van der Waals surface area contributed by atoms with Crippen molar-refractivity contribution in [1.82, 2.24) is 0 Å². The van der Waals surface area contributed by atoms with Crippen LogP contribution < -0.4 is 10.6 Å². The second kappa shape index (κ2) is 20.9. The van der Waals surface area contributed by atoms with Crippen molar-refractivity contribution in [3.8, 4) is 0 Å². The number of hydrogen-bond donors (Lipinski definition) is 2. The van der Waals surface area contributed by atoms with Crippen LogP contribution in [0.3, 0.4) is 0 Å². The number of carbonyl (C=O) groups excluding carboxylic acids is 1. The van der Waals surface area contributed by atoms with Crippen molar-refractivity contribution in [2.75, 3.05) is 6.16 Å². The summed E-state index contributed by atoms with van der Waals surface area (Å²) in [5.41, 5.74) is 2.42. The van der Waals surface area contributed by atoms with E-state index < -0.39 is 19.3 Å². The Morgan fingerprint density at radius 3 is 1.89 bits per heavy atom. The third-order valence-electron chi connectivity index (χ3n) is 11.1. The first-order valence-electron chi connectivity index (χ1n) is 16.9. The van der Waals surface area contributed by atoms with Crippen LogP contribution in [0.2, 0.25) is 0 Å². The fraction of sp³-hybridized carbons (Fsp3) is 0.564. The second-order valence-electron chi connectivity index (χ2n) is 14.2. The molecule has 0 aliphatic heterocycles. The summed E-state index contributed by atoms with van der Waals surface area (Å²) in [5, 5.41) is 22.6. The van der Waals surface area contributed by atoms with Gasteiger partial charge >= 0.3 is 0 Å². The van der Waals surface area contributed by atoms with E-state index in [0.29, 0.717) is 41.5 Å². The van der Waals surface area contributed by atoms with Gasteiger partial charge in [0, 0.05) is 127 Å². The number of hydrogen-bond acceptors (Lipinski definition) is 4. The molecule has 2 aromatic rings. The van der Waals surface area contributed by atoms with Crippen molar-refractivity contribution in [3.63, 3.8) is 0 Å². The molecule has 2 aromatic carbocycles. The molecule has 0 amide bonds. The zero-order valence-electron chi connectivity index (χ0n) is 29.4. The van der Waals surface area contributed by atoms with Crippen LogP contribution in [-0.2, 0) is 107 Å². The molecule has 3 aliphatic carbocycles. The number of allylic oxidation sites excluding steroid dienone is 2. The fourth-order valence-corrected chi connectivity index (χ4v) is 10.7. The molecule has 0 aromatic heterocycles. The van der Waals surface area contributed by atoms with E-state index >= 15 is 0 Å². The van der Waals surface area contributed by atoms with E-state index in [4.69, 9.17) is 0 Å². The first-order chi connectivity index (χ1) is 21.0. The number of Topliss-reactive ketones (excluding diaryl/α,β-unsaturated/α-hetero) is 1. The number of aliphatic hydroxyl groups excluding tert-OH is 2. The summed E-state index contributed by atoms with van der Waals surface area (Å²) < 4.78 is 14.0. The number of ketones is 1. The molecule has 3 aliphatic rings. The number of unbranched alkanes of at least 4 members (excludes halogenated alkanes) is 1. The van der Waals surface area contributed by atoms with Gasteiger partial charge in [0.1, 0.15) is 12.9 Å². The topological polar surface area (TPSA) is 74.6 Å². The smallest absolute Gasteiger partial charge is 0.146 e. The third-order valence-corrected chi connectivity index (χ3v) is 14.0. The van der Waals surface area contributed by atoms with Gasteiger partial charge in [0.15, 0.2) is 0 Å². The molecular formula is C39H55O4PY3. The van der Waals surface area contributed by atoms with Crippen LogP contribution in [0.5, 0.6) is 0 Å². The first-order valence-corrected chi connectivity index (χ1v) is 18.8. The Labute approximate surface area is 360 Å². The maximum absolute atomic E-state index is 14.0. The van der Waals surface area contributed by atoms with Crippen molar-refractivity contribution in [2.24, 2.45) is 22.7 Å².